The van der Waals surface area contributed by atoms with Crippen LogP contribution in [0.4, 0.5) is 0 Å². The van der Waals surface area contributed by atoms with Gasteiger partial charge in [0, 0.05) is 9.93 Å². The van der Waals surface area contributed by atoms with Crippen LogP contribution in [0.3, 0.4) is 0 Å². The van der Waals surface area contributed by atoms with E-state index in [-0.39, 0.29) is 21.0 Å². The van der Waals surface area contributed by atoms with Crippen LogP contribution in [0.25, 0.3) is 0 Å². The van der Waals surface area contributed by atoms with E-state index in [9.17, 15) is 0 Å². The van der Waals surface area contributed by atoms with Crippen molar-refractivity contribution < 1.29 is 10.1 Å². The first kappa shape index (κ1) is 31.1. The van der Waals surface area contributed by atoms with E-state index in [4.69, 9.17) is 15.2 Å². The SMILES string of the molecule is C.C.CC=CC=CC(C)OO.CC=CC=CCC.O=O. The van der Waals surface area contributed by atoms with Gasteiger partial charge >= 0.3 is 0 Å². The van der Waals surface area contributed by atoms with Gasteiger partial charge in [0.2, 0.25) is 0 Å². The van der Waals surface area contributed by atoms with E-state index >= 15 is 0 Å². The van der Waals surface area contributed by atoms with Gasteiger partial charge in [-0.1, -0.05) is 70.4 Å². The van der Waals surface area contributed by atoms with Crippen LogP contribution in [0, 0.1) is 9.93 Å². The van der Waals surface area contributed by atoms with Crippen LogP contribution in [-0.4, -0.2) is 11.4 Å². The van der Waals surface area contributed by atoms with Crippen molar-refractivity contribution in [3.8, 4) is 0 Å². The molecule has 0 amide bonds. The third kappa shape index (κ3) is 43.9. The highest BCUT2D eigenvalue weighted by molar-refractivity contribution is 5.02. The average molecular weight is 288 g/mol. The molecule has 0 saturated heterocycles. The van der Waals surface area contributed by atoms with Crippen LogP contribution in [0.2, 0.25) is 0 Å². The van der Waals surface area contributed by atoms with Gasteiger partial charge in [0.25, 0.3) is 0 Å². The zero-order valence-corrected chi connectivity index (χ0v) is 11.6. The molecule has 0 aliphatic rings. The Kier molecular flexibility index (Phi) is 56.0. The minimum absolute atomic E-state index is 0. The van der Waals surface area contributed by atoms with Gasteiger partial charge in [-0.15, -0.1) is 0 Å². The highest BCUT2D eigenvalue weighted by Crippen LogP contribution is 1.88. The molecule has 0 saturated carbocycles. The number of allylic oxidation sites excluding steroid dienone is 7. The van der Waals surface area contributed by atoms with Crippen molar-refractivity contribution in [1.29, 1.82) is 0 Å². The summed E-state index contributed by atoms with van der Waals surface area (Å²) in [4.78, 5) is 18.0. The van der Waals surface area contributed by atoms with E-state index in [2.05, 4.69) is 24.0 Å². The van der Waals surface area contributed by atoms with Crippen LogP contribution >= 0.6 is 0 Å². The molecule has 0 aromatic carbocycles. The molecule has 0 rings (SSSR count). The van der Waals surface area contributed by atoms with Gasteiger partial charge in [-0.25, -0.2) is 4.89 Å². The van der Waals surface area contributed by atoms with Crippen molar-refractivity contribution in [2.24, 2.45) is 0 Å². The fraction of sp³-hybridized carbons (Fsp3) is 0.500. The maximum absolute atomic E-state index is 8.06. The Bertz CT molecular complexity index is 243. The fourth-order valence-corrected chi connectivity index (χ4v) is 0.693. The zero-order chi connectivity index (χ0) is 14.6. The normalized spacial score (nSPS) is 11.2. The van der Waals surface area contributed by atoms with Gasteiger partial charge in [0.15, 0.2) is 0 Å². The van der Waals surface area contributed by atoms with E-state index in [1.165, 1.54) is 0 Å². The number of rotatable bonds is 5. The van der Waals surface area contributed by atoms with Crippen molar-refractivity contribution in [2.45, 2.75) is 55.1 Å². The molecule has 120 valence electrons. The van der Waals surface area contributed by atoms with Gasteiger partial charge in [-0.3, -0.25) is 5.26 Å². The standard InChI is InChI=1S/C7H12O2.C7H12.2CH4.O2/c1-3-4-5-6-7(2)9-8;1-3-5-7-6-4-2;;;1-2/h3-8H,1-2H3;3,5-7H,4H2,1-2H3;2*1H4;. The highest BCUT2D eigenvalue weighted by Gasteiger charge is 1.88. The topological polar surface area (TPSA) is 63.6 Å². The summed E-state index contributed by atoms with van der Waals surface area (Å²) in [6.07, 6.45) is 16.5. The molecule has 1 N–H and O–H groups in total. The lowest BCUT2D eigenvalue weighted by molar-refractivity contribution is -0.261. The molecule has 4 nitrogen and oxygen atoms in total. The van der Waals surface area contributed by atoms with Crippen molar-refractivity contribution in [3.05, 3.63) is 58.5 Å². The number of hydrogen-bond acceptors (Lipinski definition) is 4. The Morgan fingerprint density at radius 2 is 1.45 bits per heavy atom. The smallest absolute Gasteiger partial charge is 0.108 e. The number of hydrogen-bond donors (Lipinski definition) is 1. The summed E-state index contributed by atoms with van der Waals surface area (Å²) in [5.74, 6) is 0. The second-order valence-corrected chi connectivity index (χ2v) is 3.08. The molecule has 0 bridgehead atoms. The predicted octanol–water partition coefficient (Wildman–Crippen LogP) is 5.86. The second kappa shape index (κ2) is 36.0. The lowest BCUT2D eigenvalue weighted by Crippen LogP contribution is -1.98. The molecule has 0 aromatic rings. The monoisotopic (exact) mass is 288 g/mol. The Labute approximate surface area is 124 Å². The third-order valence-electron chi connectivity index (χ3n) is 1.53. The maximum atomic E-state index is 8.06. The van der Waals surface area contributed by atoms with Crippen molar-refractivity contribution in [1.82, 2.24) is 0 Å². The first-order valence-electron chi connectivity index (χ1n) is 5.77. The summed E-state index contributed by atoms with van der Waals surface area (Å²) < 4.78 is 0. The van der Waals surface area contributed by atoms with E-state index in [0.717, 1.165) is 6.42 Å². The summed E-state index contributed by atoms with van der Waals surface area (Å²) in [7, 11) is 0. The molecule has 1 atom stereocenters. The largest absolute Gasteiger partial charge is 0.251 e. The van der Waals surface area contributed by atoms with Crippen LogP contribution in [0.1, 0.15) is 49.0 Å². The molecule has 1 unspecified atom stereocenters. The van der Waals surface area contributed by atoms with Crippen molar-refractivity contribution in [3.63, 3.8) is 0 Å². The summed E-state index contributed by atoms with van der Waals surface area (Å²) >= 11 is 0. The third-order valence-corrected chi connectivity index (χ3v) is 1.53. The summed E-state index contributed by atoms with van der Waals surface area (Å²) in [5.41, 5.74) is 0. The first-order valence-corrected chi connectivity index (χ1v) is 5.77. The lowest BCUT2D eigenvalue weighted by Gasteiger charge is -1.96. The highest BCUT2D eigenvalue weighted by atomic mass is 17.1. The van der Waals surface area contributed by atoms with E-state index < -0.39 is 0 Å². The fourth-order valence-electron chi connectivity index (χ4n) is 0.693. The molecule has 0 aliphatic heterocycles. The minimum atomic E-state index is -0.221. The summed E-state index contributed by atoms with van der Waals surface area (Å²) in [5, 5.41) is 8.06. The van der Waals surface area contributed by atoms with Crippen molar-refractivity contribution >= 4 is 0 Å². The van der Waals surface area contributed by atoms with Gasteiger partial charge in [-0.2, -0.15) is 0 Å². The van der Waals surface area contributed by atoms with E-state index in [0.29, 0.717) is 0 Å². The average Bonchev–Trinajstić information content (AvgIpc) is 2.42. The molecule has 0 fully saturated rings. The molecular formula is C16H32O4. The molecule has 0 aromatic heterocycles. The lowest BCUT2D eigenvalue weighted by atomic mass is 10.3. The van der Waals surface area contributed by atoms with E-state index in [1.54, 1.807) is 13.0 Å². The zero-order valence-electron chi connectivity index (χ0n) is 11.6. The van der Waals surface area contributed by atoms with Gasteiger partial charge < -0.3 is 0 Å². The van der Waals surface area contributed by atoms with Crippen LogP contribution in [-0.2, 0) is 4.89 Å². The van der Waals surface area contributed by atoms with Crippen LogP contribution in [0.15, 0.2) is 48.6 Å². The Morgan fingerprint density at radius 3 is 1.80 bits per heavy atom. The molecule has 0 spiro atoms. The maximum Gasteiger partial charge on any atom is 0.108 e. The van der Waals surface area contributed by atoms with E-state index in [1.807, 2.05) is 44.2 Å². The quantitative estimate of drug-likeness (QED) is 0.390. The van der Waals surface area contributed by atoms with Crippen LogP contribution in [0.5, 0.6) is 0 Å². The predicted molar refractivity (Wildman–Crippen MR) is 91.6 cm³/mol. The molecule has 4 heteroatoms. The van der Waals surface area contributed by atoms with Crippen LogP contribution < -0.4 is 0 Å². The molecule has 0 heterocycles. The Balaban J connectivity index is -0.0000000622. The first-order chi connectivity index (χ1) is 8.72. The Morgan fingerprint density at radius 1 is 1.00 bits per heavy atom. The van der Waals surface area contributed by atoms with Crippen molar-refractivity contribution in [2.75, 3.05) is 0 Å². The molecule has 20 heavy (non-hydrogen) atoms. The molecule has 0 radical (unpaired) electrons. The summed E-state index contributed by atoms with van der Waals surface area (Å²) in [6.45, 7) is 7.81. The minimum Gasteiger partial charge on any atom is -0.251 e. The summed E-state index contributed by atoms with van der Waals surface area (Å²) in [6, 6.07) is 0. The van der Waals surface area contributed by atoms with Gasteiger partial charge in [0.05, 0.1) is 0 Å². The van der Waals surface area contributed by atoms with Gasteiger partial charge in [0.1, 0.15) is 6.10 Å². The Hall–Kier alpha value is -1.52. The second-order valence-electron chi connectivity index (χ2n) is 3.08. The molecular weight excluding hydrogens is 256 g/mol. The van der Waals surface area contributed by atoms with Gasteiger partial charge in [-0.05, 0) is 27.2 Å². The molecule has 0 aliphatic carbocycles.